The highest BCUT2D eigenvalue weighted by Crippen LogP contribution is 2.53. The standard InChI is InChI=1S/C29H28F6N4O7/c1-46-22-12-17(9-10-19(22)36-15-40)14-38-26(45)39(25(44)27(38,28(30,31)32)29(33,34)35)21(11-16-7-8-16)24(43)37-20(13-23(41)42)18-5-3-2-4-6-18/h2-6,9-10,12,15-16,20-21H,7-8,11,13-14H2,1H3,(H,36,40)(H,37,43)(H,41,42). The number of carboxylic acids is 1. The van der Waals surface area contributed by atoms with Gasteiger partial charge in [0.1, 0.15) is 11.8 Å². The molecule has 46 heavy (non-hydrogen) atoms. The van der Waals surface area contributed by atoms with Crippen molar-refractivity contribution in [1.29, 1.82) is 0 Å². The van der Waals surface area contributed by atoms with E-state index in [2.05, 4.69) is 10.6 Å². The molecule has 11 nitrogen and oxygen atoms in total. The van der Waals surface area contributed by atoms with Crippen LogP contribution in [0.25, 0.3) is 0 Å². The summed E-state index contributed by atoms with van der Waals surface area (Å²) in [7, 11) is 1.12. The van der Waals surface area contributed by atoms with Crippen LogP contribution < -0.4 is 15.4 Å². The van der Waals surface area contributed by atoms with E-state index in [1.807, 2.05) is 0 Å². The van der Waals surface area contributed by atoms with Gasteiger partial charge in [0.2, 0.25) is 12.3 Å². The smallest absolute Gasteiger partial charge is 0.430 e. The van der Waals surface area contributed by atoms with Gasteiger partial charge < -0.3 is 20.5 Å². The lowest BCUT2D eigenvalue weighted by Crippen LogP contribution is -2.69. The number of rotatable bonds is 13. The molecule has 0 spiro atoms. The number of halogens is 6. The zero-order chi connectivity index (χ0) is 34.0. The molecule has 0 bridgehead atoms. The molecule has 5 amide bonds. The van der Waals surface area contributed by atoms with Gasteiger partial charge in [0.05, 0.1) is 25.3 Å². The van der Waals surface area contributed by atoms with Gasteiger partial charge in [-0.05, 0) is 35.6 Å². The molecule has 1 saturated carbocycles. The van der Waals surface area contributed by atoms with Gasteiger partial charge in [-0.15, -0.1) is 0 Å². The van der Waals surface area contributed by atoms with E-state index in [9.17, 15) is 55.4 Å². The Labute approximate surface area is 257 Å². The highest BCUT2D eigenvalue weighted by Gasteiger charge is 2.84. The number of aliphatic carboxylic acids is 1. The number of ether oxygens (including phenoxy) is 1. The number of carbonyl (C=O) groups excluding carboxylic acids is 4. The SMILES string of the molecule is COc1cc(CN2C(=O)N(C(CC3CC3)C(=O)NC(CC(=O)O)c3ccccc3)C(=O)C2(C(F)(F)F)C(F)(F)F)ccc1NC=O. The summed E-state index contributed by atoms with van der Waals surface area (Å²) >= 11 is 0. The number of urea groups is 1. The Morgan fingerprint density at radius 2 is 1.70 bits per heavy atom. The van der Waals surface area contributed by atoms with Crippen LogP contribution in [0.3, 0.4) is 0 Å². The molecule has 2 aliphatic rings. The number of nitrogens with one attached hydrogen (secondary N) is 2. The Morgan fingerprint density at radius 1 is 1.07 bits per heavy atom. The highest BCUT2D eigenvalue weighted by atomic mass is 19.4. The van der Waals surface area contributed by atoms with Crippen molar-refractivity contribution in [2.45, 2.75) is 62.2 Å². The first-order valence-electron chi connectivity index (χ1n) is 13.8. The van der Waals surface area contributed by atoms with Crippen LogP contribution in [0.5, 0.6) is 5.75 Å². The predicted molar refractivity (Wildman–Crippen MR) is 146 cm³/mol. The third kappa shape index (κ3) is 6.44. The summed E-state index contributed by atoms with van der Waals surface area (Å²) in [6.07, 6.45) is -12.8. The van der Waals surface area contributed by atoms with Crippen molar-refractivity contribution in [3.05, 3.63) is 59.7 Å². The van der Waals surface area contributed by atoms with E-state index in [4.69, 9.17) is 4.74 Å². The quantitative estimate of drug-likeness (QED) is 0.165. The molecule has 4 rings (SSSR count). The third-order valence-corrected chi connectivity index (χ3v) is 7.78. The Morgan fingerprint density at radius 3 is 2.22 bits per heavy atom. The number of nitrogens with zero attached hydrogens (tertiary/aromatic N) is 2. The van der Waals surface area contributed by atoms with Crippen LogP contribution in [0.2, 0.25) is 0 Å². The summed E-state index contributed by atoms with van der Waals surface area (Å²) in [5.41, 5.74) is -5.43. The Balaban J connectivity index is 1.80. The number of hydrogen-bond acceptors (Lipinski definition) is 6. The first kappa shape index (κ1) is 34.1. The van der Waals surface area contributed by atoms with Crippen molar-refractivity contribution in [1.82, 2.24) is 15.1 Å². The minimum atomic E-state index is -6.40. The van der Waals surface area contributed by atoms with E-state index in [1.54, 1.807) is 6.07 Å². The largest absolute Gasteiger partial charge is 0.495 e. The second kappa shape index (κ2) is 12.9. The second-order valence-electron chi connectivity index (χ2n) is 10.8. The average molecular weight is 659 g/mol. The van der Waals surface area contributed by atoms with Crippen molar-refractivity contribution in [3.8, 4) is 5.75 Å². The maximum absolute atomic E-state index is 14.7. The van der Waals surface area contributed by atoms with Gasteiger partial charge in [-0.3, -0.25) is 24.1 Å². The van der Waals surface area contributed by atoms with Crippen molar-refractivity contribution < 1.29 is 60.2 Å². The van der Waals surface area contributed by atoms with E-state index in [0.29, 0.717) is 12.8 Å². The fraction of sp³-hybridized carbons (Fsp3) is 0.414. The number of methoxy groups -OCH3 is 1. The first-order valence-corrected chi connectivity index (χ1v) is 13.8. The van der Waals surface area contributed by atoms with Gasteiger partial charge in [0, 0.05) is 6.54 Å². The average Bonchev–Trinajstić information content (AvgIpc) is 3.76. The number of imide groups is 1. The number of carboxylic acid groups (broad SMARTS) is 1. The Kier molecular flexibility index (Phi) is 9.54. The van der Waals surface area contributed by atoms with Gasteiger partial charge in [0.15, 0.2) is 0 Å². The van der Waals surface area contributed by atoms with Crippen LogP contribution in [0.1, 0.15) is 42.9 Å². The molecule has 2 aromatic carbocycles. The minimum Gasteiger partial charge on any atom is -0.495 e. The molecule has 1 heterocycles. The van der Waals surface area contributed by atoms with E-state index in [1.165, 1.54) is 24.3 Å². The molecular weight excluding hydrogens is 630 g/mol. The summed E-state index contributed by atoms with van der Waals surface area (Å²) in [4.78, 5) is 62.3. The van der Waals surface area contributed by atoms with Crippen LogP contribution in [0, 0.1) is 5.92 Å². The second-order valence-corrected chi connectivity index (χ2v) is 10.8. The van der Waals surface area contributed by atoms with Crippen LogP contribution in [0.15, 0.2) is 48.5 Å². The Bertz CT molecular complexity index is 1480. The Hall–Kier alpha value is -4.83. The van der Waals surface area contributed by atoms with Crippen LogP contribution in [-0.2, 0) is 25.7 Å². The lowest BCUT2D eigenvalue weighted by atomic mass is 9.94. The lowest BCUT2D eigenvalue weighted by molar-refractivity contribution is -0.315. The van der Waals surface area contributed by atoms with E-state index < -0.39 is 84.0 Å². The van der Waals surface area contributed by atoms with E-state index >= 15 is 0 Å². The zero-order valence-corrected chi connectivity index (χ0v) is 24.0. The number of anilines is 1. The third-order valence-electron chi connectivity index (χ3n) is 7.78. The van der Waals surface area contributed by atoms with E-state index in [0.717, 1.165) is 25.3 Å². The fourth-order valence-corrected chi connectivity index (χ4v) is 5.40. The van der Waals surface area contributed by atoms with Crippen molar-refractivity contribution in [3.63, 3.8) is 0 Å². The van der Waals surface area contributed by atoms with Crippen molar-refractivity contribution in [2.24, 2.45) is 5.92 Å². The molecular formula is C29H28F6N4O7. The van der Waals surface area contributed by atoms with Gasteiger partial charge >= 0.3 is 29.9 Å². The van der Waals surface area contributed by atoms with Crippen molar-refractivity contribution >= 4 is 35.9 Å². The summed E-state index contributed by atoms with van der Waals surface area (Å²) in [6, 6.07) is 5.18. The molecule has 3 N–H and O–H groups in total. The van der Waals surface area contributed by atoms with Crippen LogP contribution in [-0.4, -0.2) is 76.2 Å². The molecule has 2 unspecified atom stereocenters. The maximum Gasteiger partial charge on any atom is 0.430 e. The molecule has 248 valence electrons. The maximum atomic E-state index is 14.7. The number of amides is 5. The molecule has 2 aromatic rings. The number of alkyl halides is 6. The predicted octanol–water partition coefficient (Wildman–Crippen LogP) is 4.39. The molecule has 0 radical (unpaired) electrons. The number of hydrogen-bond donors (Lipinski definition) is 3. The summed E-state index contributed by atoms with van der Waals surface area (Å²) < 4.78 is 93.2. The molecule has 1 aliphatic carbocycles. The topological polar surface area (TPSA) is 145 Å². The fourth-order valence-electron chi connectivity index (χ4n) is 5.40. The molecule has 1 aliphatic heterocycles. The molecule has 1 saturated heterocycles. The first-order chi connectivity index (χ1) is 21.6. The molecule has 2 fully saturated rings. The molecule has 2 atom stereocenters. The molecule has 0 aromatic heterocycles. The molecule has 17 heteroatoms. The van der Waals surface area contributed by atoms with E-state index in [-0.39, 0.29) is 33.9 Å². The monoisotopic (exact) mass is 658 g/mol. The highest BCUT2D eigenvalue weighted by molar-refractivity contribution is 6.11. The van der Waals surface area contributed by atoms with Gasteiger partial charge in [-0.25, -0.2) is 9.69 Å². The summed E-state index contributed by atoms with van der Waals surface area (Å²) in [6.45, 7) is -1.40. The summed E-state index contributed by atoms with van der Waals surface area (Å²) in [5, 5.41) is 14.0. The van der Waals surface area contributed by atoms with Gasteiger partial charge in [-0.1, -0.05) is 49.2 Å². The van der Waals surface area contributed by atoms with Crippen molar-refractivity contribution in [2.75, 3.05) is 12.4 Å². The lowest BCUT2D eigenvalue weighted by Gasteiger charge is -2.37. The van der Waals surface area contributed by atoms with Crippen LogP contribution in [0.4, 0.5) is 36.8 Å². The minimum absolute atomic E-state index is 0.0140. The number of benzene rings is 2. The normalized spacial score (nSPS) is 17.8. The number of carbonyl (C=O) groups is 5. The summed E-state index contributed by atoms with van der Waals surface area (Å²) in [5.74, 6) is -5.95. The van der Waals surface area contributed by atoms with Crippen LogP contribution >= 0.6 is 0 Å². The van der Waals surface area contributed by atoms with Gasteiger partial charge in [0.25, 0.3) is 5.91 Å². The zero-order valence-electron chi connectivity index (χ0n) is 24.0. The van der Waals surface area contributed by atoms with Gasteiger partial charge in [-0.2, -0.15) is 26.3 Å².